The summed E-state index contributed by atoms with van der Waals surface area (Å²) in [6.45, 7) is 1.01. The van der Waals surface area contributed by atoms with Gasteiger partial charge in [-0.25, -0.2) is 0 Å². The number of hydrogen-bond donors (Lipinski definition) is 5. The number of carbonyl (C=O) groups is 1. The Bertz CT molecular complexity index is 1710. The third-order valence-corrected chi connectivity index (χ3v) is 7.07. The van der Waals surface area contributed by atoms with Crippen LogP contribution < -0.4 is 5.32 Å². The summed E-state index contributed by atoms with van der Waals surface area (Å²) >= 11 is 0. The molecule has 0 aliphatic heterocycles. The van der Waals surface area contributed by atoms with E-state index in [1.54, 1.807) is 0 Å². The Morgan fingerprint density at radius 2 is 1.37 bits per heavy atom. The van der Waals surface area contributed by atoms with Crippen LogP contribution >= 0.6 is 0 Å². The SMILES string of the molecule is CC(=O)Nc1c(S(=O)(=O)O)ccc2cc(S(=O)(=O)O)c(N=Nc3ccc(S(=O)(=O)O)cc3)c(O)c12. The van der Waals surface area contributed by atoms with E-state index in [-0.39, 0.29) is 11.1 Å². The fourth-order valence-electron chi connectivity index (χ4n) is 3.02. The van der Waals surface area contributed by atoms with Crippen LogP contribution in [0.5, 0.6) is 5.75 Å². The zero-order chi connectivity index (χ0) is 26.3. The van der Waals surface area contributed by atoms with Gasteiger partial charge in [-0.15, -0.1) is 5.11 Å². The van der Waals surface area contributed by atoms with Crippen LogP contribution in [-0.4, -0.2) is 49.9 Å². The van der Waals surface area contributed by atoms with Crippen LogP contribution in [0.1, 0.15) is 6.92 Å². The summed E-state index contributed by atoms with van der Waals surface area (Å²) in [5.74, 6) is -1.83. The molecule has 0 atom stereocenters. The van der Waals surface area contributed by atoms with Gasteiger partial charge in [0.1, 0.15) is 15.5 Å². The average molecular weight is 546 g/mol. The smallest absolute Gasteiger partial charge is 0.296 e. The third kappa shape index (κ3) is 5.61. The second-order valence-electron chi connectivity index (χ2n) is 6.91. The molecule has 0 aliphatic rings. The van der Waals surface area contributed by atoms with Crippen molar-refractivity contribution in [1.29, 1.82) is 0 Å². The summed E-state index contributed by atoms with van der Waals surface area (Å²) < 4.78 is 97.9. The van der Waals surface area contributed by atoms with Crippen molar-refractivity contribution < 1.29 is 48.8 Å². The van der Waals surface area contributed by atoms with E-state index in [2.05, 4.69) is 15.5 Å². The Balaban J connectivity index is 2.35. The summed E-state index contributed by atoms with van der Waals surface area (Å²) in [6.07, 6.45) is 0. The number of benzene rings is 3. The van der Waals surface area contributed by atoms with Gasteiger partial charge in [0.05, 0.1) is 21.7 Å². The molecule has 0 spiro atoms. The van der Waals surface area contributed by atoms with E-state index in [9.17, 15) is 44.3 Å². The highest BCUT2D eigenvalue weighted by Gasteiger charge is 2.27. The first-order chi connectivity index (χ1) is 16.0. The lowest BCUT2D eigenvalue weighted by molar-refractivity contribution is -0.114. The molecular weight excluding hydrogens is 530 g/mol. The number of aromatic hydroxyl groups is 1. The second-order valence-corrected chi connectivity index (χ2v) is 11.1. The molecule has 1 amide bonds. The van der Waals surface area contributed by atoms with Crippen molar-refractivity contribution in [3.63, 3.8) is 0 Å². The van der Waals surface area contributed by atoms with Gasteiger partial charge in [-0.1, -0.05) is 6.07 Å². The number of nitrogens with zero attached hydrogens (tertiary/aromatic N) is 2. The normalized spacial score (nSPS) is 12.8. The number of nitrogens with one attached hydrogen (secondary N) is 1. The lowest BCUT2D eigenvalue weighted by Crippen LogP contribution is -2.11. The molecule has 0 aliphatic carbocycles. The van der Waals surface area contributed by atoms with Crippen molar-refractivity contribution in [3.8, 4) is 5.75 Å². The number of phenols is 1. The van der Waals surface area contributed by atoms with Crippen LogP contribution in [0.2, 0.25) is 0 Å². The number of rotatable bonds is 6. The van der Waals surface area contributed by atoms with E-state index in [1.165, 1.54) is 0 Å². The molecule has 14 nitrogen and oxygen atoms in total. The average Bonchev–Trinajstić information content (AvgIpc) is 2.70. The van der Waals surface area contributed by atoms with Crippen molar-refractivity contribution in [2.24, 2.45) is 10.2 Å². The zero-order valence-electron chi connectivity index (χ0n) is 17.3. The monoisotopic (exact) mass is 545 g/mol. The second kappa shape index (κ2) is 8.95. The van der Waals surface area contributed by atoms with E-state index < -0.39 is 73.5 Å². The summed E-state index contributed by atoms with van der Waals surface area (Å²) in [6, 6.07) is 6.75. The molecule has 3 rings (SSSR count). The minimum absolute atomic E-state index is 0.0769. The van der Waals surface area contributed by atoms with Gasteiger partial charge in [-0.05, 0) is 41.8 Å². The Morgan fingerprint density at radius 1 is 0.800 bits per heavy atom. The Hall–Kier alpha value is -3.48. The summed E-state index contributed by atoms with van der Waals surface area (Å²) in [5.41, 5.74) is -1.53. The van der Waals surface area contributed by atoms with Gasteiger partial charge in [0.15, 0.2) is 5.75 Å². The molecule has 17 heteroatoms. The maximum atomic E-state index is 11.9. The van der Waals surface area contributed by atoms with Crippen molar-refractivity contribution >= 4 is 64.1 Å². The number of azo groups is 1. The van der Waals surface area contributed by atoms with Gasteiger partial charge in [0.25, 0.3) is 30.4 Å². The number of phenolic OH excluding ortho intramolecular Hbond substituents is 1. The largest absolute Gasteiger partial charge is 0.505 e. The molecule has 0 aromatic heterocycles. The molecule has 0 saturated carbocycles. The number of fused-ring (bicyclic) bond motifs is 1. The molecule has 3 aromatic rings. The highest BCUT2D eigenvalue weighted by molar-refractivity contribution is 7.86. The molecule has 0 saturated heterocycles. The third-order valence-electron chi connectivity index (χ3n) is 4.44. The molecule has 0 radical (unpaired) electrons. The van der Waals surface area contributed by atoms with Gasteiger partial charge in [0.2, 0.25) is 5.91 Å². The lowest BCUT2D eigenvalue weighted by atomic mass is 10.1. The summed E-state index contributed by atoms with van der Waals surface area (Å²) in [7, 11) is -14.5. The quantitative estimate of drug-likeness (QED) is 0.223. The van der Waals surface area contributed by atoms with Crippen molar-refractivity contribution in [2.45, 2.75) is 21.6 Å². The number of carbonyl (C=O) groups excluding carboxylic acids is 1. The molecule has 0 bridgehead atoms. The van der Waals surface area contributed by atoms with Crippen LogP contribution in [0.15, 0.2) is 67.4 Å². The van der Waals surface area contributed by atoms with Gasteiger partial charge in [-0.2, -0.15) is 30.4 Å². The van der Waals surface area contributed by atoms with E-state index in [4.69, 9.17) is 4.55 Å². The van der Waals surface area contributed by atoms with E-state index in [0.717, 1.165) is 49.4 Å². The van der Waals surface area contributed by atoms with Gasteiger partial charge < -0.3 is 10.4 Å². The minimum atomic E-state index is -5.03. The Labute approximate surface area is 198 Å². The fraction of sp³-hybridized carbons (Fsp3) is 0.0556. The molecule has 3 aromatic carbocycles. The van der Waals surface area contributed by atoms with Gasteiger partial charge in [0, 0.05) is 6.92 Å². The maximum absolute atomic E-state index is 11.9. The number of anilines is 1. The predicted molar refractivity (Wildman–Crippen MR) is 120 cm³/mol. The highest BCUT2D eigenvalue weighted by Crippen LogP contribution is 2.46. The van der Waals surface area contributed by atoms with E-state index >= 15 is 0 Å². The molecule has 0 fully saturated rings. The summed E-state index contributed by atoms with van der Waals surface area (Å²) in [4.78, 5) is 9.43. The first kappa shape index (κ1) is 26.1. The van der Waals surface area contributed by atoms with Crippen LogP contribution in [0.25, 0.3) is 10.8 Å². The van der Waals surface area contributed by atoms with Gasteiger partial charge in [-0.3, -0.25) is 18.5 Å². The first-order valence-electron chi connectivity index (χ1n) is 9.04. The summed E-state index contributed by atoms with van der Waals surface area (Å²) in [5, 5.41) is 19.6. The van der Waals surface area contributed by atoms with Crippen LogP contribution in [0.3, 0.4) is 0 Å². The standard InChI is InChI=1S/C18H15N3O11S3/c1-9(22)19-16-13(34(27,28)29)7-2-10-8-14(35(30,31)32)17(18(23)15(10)16)21-20-11-3-5-12(6-4-11)33(24,25)26/h2-8,23H,1H3,(H,19,22)(H,24,25,26)(H,27,28,29)(H,30,31,32). The molecule has 186 valence electrons. The maximum Gasteiger partial charge on any atom is 0.296 e. The molecular formula is C18H15N3O11S3. The molecule has 0 unspecified atom stereocenters. The van der Waals surface area contributed by atoms with Crippen LogP contribution in [-0.2, 0) is 35.1 Å². The Morgan fingerprint density at radius 3 is 1.86 bits per heavy atom. The minimum Gasteiger partial charge on any atom is -0.505 e. The number of amides is 1. The highest BCUT2D eigenvalue weighted by atomic mass is 32.2. The Kier molecular flexibility index (Phi) is 6.68. The predicted octanol–water partition coefficient (Wildman–Crippen LogP) is 2.66. The van der Waals surface area contributed by atoms with E-state index in [1.807, 2.05) is 0 Å². The van der Waals surface area contributed by atoms with E-state index in [0.29, 0.717) is 0 Å². The van der Waals surface area contributed by atoms with Crippen LogP contribution in [0.4, 0.5) is 17.1 Å². The van der Waals surface area contributed by atoms with Gasteiger partial charge >= 0.3 is 0 Å². The zero-order valence-corrected chi connectivity index (χ0v) is 19.8. The number of hydrogen-bond acceptors (Lipinski definition) is 10. The lowest BCUT2D eigenvalue weighted by Gasteiger charge is -2.15. The molecule has 0 heterocycles. The van der Waals surface area contributed by atoms with Crippen LogP contribution in [0, 0.1) is 0 Å². The van der Waals surface area contributed by atoms with Crippen molar-refractivity contribution in [3.05, 3.63) is 42.5 Å². The molecule has 35 heavy (non-hydrogen) atoms. The van der Waals surface area contributed by atoms with Crippen molar-refractivity contribution in [2.75, 3.05) is 5.32 Å². The topological polar surface area (TPSA) is 237 Å². The van der Waals surface area contributed by atoms with Crippen molar-refractivity contribution in [1.82, 2.24) is 0 Å². The molecule has 5 N–H and O–H groups in total. The first-order valence-corrected chi connectivity index (χ1v) is 13.4. The fourth-order valence-corrected chi connectivity index (χ4v) is 4.81.